The third-order valence-corrected chi connectivity index (χ3v) is 3.62. The summed E-state index contributed by atoms with van der Waals surface area (Å²) >= 11 is 1.51. The van der Waals surface area contributed by atoms with Gasteiger partial charge in [0.05, 0.1) is 5.52 Å². The smallest absolute Gasteiger partial charge is 0.213 e. The summed E-state index contributed by atoms with van der Waals surface area (Å²) in [6, 6.07) is 7.76. The van der Waals surface area contributed by atoms with E-state index in [4.69, 9.17) is 5.73 Å². The Labute approximate surface area is 114 Å². The van der Waals surface area contributed by atoms with Gasteiger partial charge in [0, 0.05) is 21.7 Å². The van der Waals surface area contributed by atoms with E-state index in [1.54, 1.807) is 0 Å². The fourth-order valence-electron chi connectivity index (χ4n) is 1.89. The van der Waals surface area contributed by atoms with Gasteiger partial charge in [-0.05, 0) is 49.9 Å². The highest BCUT2D eigenvalue weighted by atomic mass is 32.2. The maximum absolute atomic E-state index is 5.85. The van der Waals surface area contributed by atoms with Gasteiger partial charge in [-0.1, -0.05) is 0 Å². The van der Waals surface area contributed by atoms with E-state index in [2.05, 4.69) is 20.2 Å². The molecule has 0 saturated carbocycles. The Morgan fingerprint density at radius 1 is 1.16 bits per heavy atom. The molecule has 6 heteroatoms. The molecule has 0 aliphatic carbocycles. The summed E-state index contributed by atoms with van der Waals surface area (Å²) in [6.07, 6.45) is 0. The minimum absolute atomic E-state index is 0.701. The fraction of sp³-hybridized carbons (Fsp3) is 0.154. The molecule has 0 aliphatic heterocycles. The molecule has 1 aromatic carbocycles. The SMILES string of the molecule is Cc1cc(Sc2n[nH]c(C)n2)c2cc(N)ccc2n1. The largest absolute Gasteiger partial charge is 0.399 e. The van der Waals surface area contributed by atoms with Crippen LogP contribution in [0, 0.1) is 13.8 Å². The molecule has 3 aromatic rings. The number of rotatable bonds is 2. The van der Waals surface area contributed by atoms with Crippen molar-refractivity contribution in [2.75, 3.05) is 5.73 Å². The molecule has 0 bridgehead atoms. The molecule has 0 unspecified atom stereocenters. The molecule has 2 aromatic heterocycles. The van der Waals surface area contributed by atoms with Crippen molar-refractivity contribution in [2.24, 2.45) is 0 Å². The van der Waals surface area contributed by atoms with Gasteiger partial charge in [-0.2, -0.15) is 0 Å². The maximum atomic E-state index is 5.85. The van der Waals surface area contributed by atoms with Crippen LogP contribution in [0.5, 0.6) is 0 Å². The number of aromatic amines is 1. The summed E-state index contributed by atoms with van der Waals surface area (Å²) in [7, 11) is 0. The van der Waals surface area contributed by atoms with Crippen LogP contribution in [0.25, 0.3) is 10.9 Å². The second-order valence-corrected chi connectivity index (χ2v) is 5.35. The molecule has 0 amide bonds. The number of benzene rings is 1. The third-order valence-electron chi connectivity index (χ3n) is 2.70. The molecule has 19 heavy (non-hydrogen) atoms. The lowest BCUT2D eigenvalue weighted by atomic mass is 10.2. The molecule has 96 valence electrons. The molecule has 3 rings (SSSR count). The van der Waals surface area contributed by atoms with E-state index < -0.39 is 0 Å². The van der Waals surface area contributed by atoms with E-state index in [1.165, 1.54) is 11.8 Å². The van der Waals surface area contributed by atoms with E-state index in [0.29, 0.717) is 5.16 Å². The summed E-state index contributed by atoms with van der Waals surface area (Å²) in [5, 5.41) is 8.71. The molecular formula is C13H13N5S. The van der Waals surface area contributed by atoms with Crippen molar-refractivity contribution in [3.63, 3.8) is 0 Å². The normalized spacial score (nSPS) is 11.1. The first-order valence-electron chi connectivity index (χ1n) is 5.85. The molecule has 5 nitrogen and oxygen atoms in total. The number of nitrogens with zero attached hydrogens (tertiary/aromatic N) is 3. The molecule has 0 saturated heterocycles. The van der Waals surface area contributed by atoms with Gasteiger partial charge in [0.2, 0.25) is 5.16 Å². The van der Waals surface area contributed by atoms with Crippen LogP contribution in [-0.4, -0.2) is 20.2 Å². The molecule has 0 atom stereocenters. The number of H-pyrrole nitrogens is 1. The number of anilines is 1. The van der Waals surface area contributed by atoms with Gasteiger partial charge in [0.1, 0.15) is 5.82 Å². The van der Waals surface area contributed by atoms with Crippen molar-refractivity contribution >= 4 is 28.4 Å². The second-order valence-electron chi connectivity index (χ2n) is 4.34. The Morgan fingerprint density at radius 3 is 2.74 bits per heavy atom. The lowest BCUT2D eigenvalue weighted by Crippen LogP contribution is -1.90. The summed E-state index contributed by atoms with van der Waals surface area (Å²) in [4.78, 5) is 9.88. The minimum Gasteiger partial charge on any atom is -0.399 e. The molecule has 0 spiro atoms. The van der Waals surface area contributed by atoms with Gasteiger partial charge in [-0.25, -0.2) is 4.98 Å². The van der Waals surface area contributed by atoms with E-state index >= 15 is 0 Å². The highest BCUT2D eigenvalue weighted by Gasteiger charge is 2.09. The number of aryl methyl sites for hydroxylation is 2. The van der Waals surface area contributed by atoms with Gasteiger partial charge in [0.25, 0.3) is 0 Å². The maximum Gasteiger partial charge on any atom is 0.213 e. The fourth-order valence-corrected chi connectivity index (χ4v) is 2.86. The monoisotopic (exact) mass is 271 g/mol. The van der Waals surface area contributed by atoms with Crippen LogP contribution in [0.4, 0.5) is 5.69 Å². The predicted molar refractivity (Wildman–Crippen MR) is 76.1 cm³/mol. The Morgan fingerprint density at radius 2 is 2.00 bits per heavy atom. The molecular weight excluding hydrogens is 258 g/mol. The van der Waals surface area contributed by atoms with Gasteiger partial charge in [0.15, 0.2) is 0 Å². The summed E-state index contributed by atoms with van der Waals surface area (Å²) < 4.78 is 0. The lowest BCUT2D eigenvalue weighted by Gasteiger charge is -2.06. The first kappa shape index (κ1) is 12.0. The van der Waals surface area contributed by atoms with E-state index in [0.717, 1.165) is 33.0 Å². The van der Waals surface area contributed by atoms with Gasteiger partial charge < -0.3 is 5.73 Å². The van der Waals surface area contributed by atoms with Crippen molar-refractivity contribution in [3.05, 3.63) is 35.8 Å². The van der Waals surface area contributed by atoms with Gasteiger partial charge in [-0.15, -0.1) is 5.10 Å². The first-order valence-corrected chi connectivity index (χ1v) is 6.67. The van der Waals surface area contributed by atoms with Gasteiger partial charge in [-0.3, -0.25) is 10.1 Å². The van der Waals surface area contributed by atoms with E-state index in [-0.39, 0.29) is 0 Å². The summed E-state index contributed by atoms with van der Waals surface area (Å²) in [5.41, 5.74) is 8.48. The zero-order valence-electron chi connectivity index (χ0n) is 10.6. The van der Waals surface area contributed by atoms with Crippen molar-refractivity contribution in [1.29, 1.82) is 0 Å². The van der Waals surface area contributed by atoms with Crippen molar-refractivity contribution in [2.45, 2.75) is 23.9 Å². The number of nitrogen functional groups attached to an aromatic ring is 1. The topological polar surface area (TPSA) is 80.5 Å². The third kappa shape index (κ3) is 2.39. The van der Waals surface area contributed by atoms with Crippen LogP contribution in [0.2, 0.25) is 0 Å². The van der Waals surface area contributed by atoms with Crippen LogP contribution >= 0.6 is 11.8 Å². The van der Waals surface area contributed by atoms with Crippen LogP contribution in [0.1, 0.15) is 11.5 Å². The number of hydrogen-bond donors (Lipinski definition) is 2. The summed E-state index contributed by atoms with van der Waals surface area (Å²) in [5.74, 6) is 0.803. The van der Waals surface area contributed by atoms with Crippen LogP contribution in [-0.2, 0) is 0 Å². The molecule has 0 aliphatic rings. The molecule has 0 fully saturated rings. The minimum atomic E-state index is 0.701. The average Bonchev–Trinajstić information content (AvgIpc) is 2.76. The standard InChI is InChI=1S/C13H13N5S/c1-7-5-12(19-13-16-8(2)17-18-13)10-6-9(14)3-4-11(10)15-7/h3-6H,14H2,1-2H3,(H,16,17,18). The van der Waals surface area contributed by atoms with Crippen LogP contribution in [0.3, 0.4) is 0 Å². The quantitative estimate of drug-likeness (QED) is 0.700. The average molecular weight is 271 g/mol. The molecule has 2 heterocycles. The molecule has 0 radical (unpaired) electrons. The Balaban J connectivity index is 2.13. The number of aromatic nitrogens is 4. The second kappa shape index (κ2) is 4.55. The number of fused-ring (bicyclic) bond motifs is 1. The van der Waals surface area contributed by atoms with E-state index in [9.17, 15) is 0 Å². The highest BCUT2D eigenvalue weighted by molar-refractivity contribution is 7.99. The number of pyridine rings is 1. The molecule has 3 N–H and O–H groups in total. The number of nitrogens with two attached hydrogens (primary N) is 1. The highest BCUT2D eigenvalue weighted by Crippen LogP contribution is 2.32. The van der Waals surface area contributed by atoms with Crippen LogP contribution in [0.15, 0.2) is 34.3 Å². The number of hydrogen-bond acceptors (Lipinski definition) is 5. The van der Waals surface area contributed by atoms with Crippen molar-refractivity contribution in [1.82, 2.24) is 20.2 Å². The lowest BCUT2D eigenvalue weighted by molar-refractivity contribution is 0.969. The van der Waals surface area contributed by atoms with Crippen LogP contribution < -0.4 is 5.73 Å². The Kier molecular flexibility index (Phi) is 2.87. The predicted octanol–water partition coefficient (Wildman–Crippen LogP) is 2.70. The summed E-state index contributed by atoms with van der Waals surface area (Å²) in [6.45, 7) is 3.86. The zero-order valence-corrected chi connectivity index (χ0v) is 11.5. The zero-order chi connectivity index (χ0) is 13.4. The first-order chi connectivity index (χ1) is 9.11. The number of nitrogens with one attached hydrogen (secondary N) is 1. The van der Waals surface area contributed by atoms with E-state index in [1.807, 2.05) is 38.1 Å². The van der Waals surface area contributed by atoms with Gasteiger partial charge >= 0.3 is 0 Å². The van der Waals surface area contributed by atoms with Crippen molar-refractivity contribution in [3.8, 4) is 0 Å². The Hall–Kier alpha value is -2.08. The Bertz CT molecular complexity index is 750. The van der Waals surface area contributed by atoms with Crippen molar-refractivity contribution < 1.29 is 0 Å².